The Morgan fingerprint density at radius 1 is 1.32 bits per heavy atom. The number of hydrogen-bond donors (Lipinski definition) is 2. The zero-order chi connectivity index (χ0) is 21.7. The number of hydrogen-bond acceptors (Lipinski definition) is 5. The number of fused-ring (bicyclic) bond motifs is 3. The summed E-state index contributed by atoms with van der Waals surface area (Å²) in [6.07, 6.45) is 2.78. The molecule has 3 aromatic rings. The van der Waals surface area contributed by atoms with Crippen LogP contribution in [0.2, 0.25) is 10.0 Å². The molecule has 2 unspecified atom stereocenters. The number of H-pyrrole nitrogens is 1. The highest BCUT2D eigenvalue weighted by molar-refractivity contribution is 6.45. The van der Waals surface area contributed by atoms with E-state index >= 15 is 0 Å². The molecule has 0 spiro atoms. The molecule has 2 aliphatic heterocycles. The van der Waals surface area contributed by atoms with Crippen LogP contribution < -0.4 is 0 Å². The molecule has 2 N–H and O–H groups in total. The maximum atomic E-state index is 12.1. The number of halogens is 2. The fraction of sp³-hybridized carbons (Fsp3) is 0.429. The molecular weight excluding hydrogens is 441 g/mol. The number of carbonyl (C=O) groups excluding carboxylic acids is 1. The first kappa shape index (κ1) is 20.8. The summed E-state index contributed by atoms with van der Waals surface area (Å²) < 4.78 is 7.75. The molecule has 1 aromatic carbocycles. The zero-order valence-electron chi connectivity index (χ0n) is 17.0. The van der Waals surface area contributed by atoms with Gasteiger partial charge in [0, 0.05) is 61.5 Å². The Kier molecular flexibility index (Phi) is 5.44. The topological polar surface area (TPSA) is 86.6 Å². The minimum Gasteiger partial charge on any atom is -0.377 e. The number of nitrogens with zero attached hydrogens (tertiary/aromatic N) is 4. The van der Waals surface area contributed by atoms with Gasteiger partial charge in [0.1, 0.15) is 6.23 Å². The van der Waals surface area contributed by atoms with E-state index in [1.165, 1.54) is 6.92 Å². The molecule has 2 aliphatic rings. The molecule has 5 rings (SSSR count). The van der Waals surface area contributed by atoms with Gasteiger partial charge in [-0.3, -0.25) is 14.8 Å². The monoisotopic (exact) mass is 463 g/mol. The lowest BCUT2D eigenvalue weighted by Crippen LogP contribution is -2.59. The number of nitrogens with one attached hydrogen (secondary N) is 1. The molecule has 1 amide bonds. The van der Waals surface area contributed by atoms with Crippen LogP contribution in [-0.4, -0.2) is 74.2 Å². The van der Waals surface area contributed by atoms with E-state index in [4.69, 9.17) is 27.9 Å². The van der Waals surface area contributed by atoms with Gasteiger partial charge in [-0.15, -0.1) is 0 Å². The Morgan fingerprint density at radius 2 is 2.16 bits per heavy atom. The van der Waals surface area contributed by atoms with E-state index in [0.29, 0.717) is 49.4 Å². The highest BCUT2D eigenvalue weighted by atomic mass is 35.5. The fourth-order valence-electron chi connectivity index (χ4n) is 4.78. The number of aliphatic hydroxyl groups is 1. The molecule has 0 radical (unpaired) electrons. The molecular formula is C21H23Cl2N5O3. The van der Waals surface area contributed by atoms with Crippen molar-refractivity contribution in [2.45, 2.75) is 32.3 Å². The third kappa shape index (κ3) is 3.43. The number of morpholine rings is 1. The van der Waals surface area contributed by atoms with E-state index in [2.05, 4.69) is 14.8 Å². The molecule has 10 heteroatoms. The molecule has 2 atom stereocenters. The summed E-state index contributed by atoms with van der Waals surface area (Å²) in [4.78, 5) is 15.8. The molecule has 31 heavy (non-hydrogen) atoms. The number of aliphatic hydroxyl groups excluding tert-OH is 1. The van der Waals surface area contributed by atoms with E-state index in [9.17, 15) is 9.90 Å². The maximum Gasteiger partial charge on any atom is 0.219 e. The molecule has 4 heterocycles. The van der Waals surface area contributed by atoms with Crippen LogP contribution in [0.3, 0.4) is 0 Å². The number of carbonyl (C=O) groups is 1. The largest absolute Gasteiger partial charge is 0.377 e. The van der Waals surface area contributed by atoms with E-state index in [1.54, 1.807) is 17.2 Å². The highest BCUT2D eigenvalue weighted by Crippen LogP contribution is 2.42. The van der Waals surface area contributed by atoms with Gasteiger partial charge in [-0.05, 0) is 6.07 Å². The van der Waals surface area contributed by atoms with Crippen molar-refractivity contribution in [1.29, 1.82) is 0 Å². The van der Waals surface area contributed by atoms with E-state index in [-0.39, 0.29) is 5.91 Å². The lowest BCUT2D eigenvalue weighted by molar-refractivity contribution is -0.154. The van der Waals surface area contributed by atoms with Crippen molar-refractivity contribution < 1.29 is 14.6 Å². The number of amides is 1. The van der Waals surface area contributed by atoms with Crippen molar-refractivity contribution in [3.8, 4) is 11.1 Å². The number of rotatable bonds is 3. The molecule has 8 nitrogen and oxygen atoms in total. The average molecular weight is 464 g/mol. The highest BCUT2D eigenvalue weighted by Gasteiger charge is 2.37. The normalized spacial score (nSPS) is 20.8. The third-order valence-corrected chi connectivity index (χ3v) is 7.06. The van der Waals surface area contributed by atoms with Gasteiger partial charge < -0.3 is 19.3 Å². The van der Waals surface area contributed by atoms with Crippen molar-refractivity contribution in [2.24, 2.45) is 0 Å². The summed E-state index contributed by atoms with van der Waals surface area (Å²) in [7, 11) is 0. The van der Waals surface area contributed by atoms with Gasteiger partial charge >= 0.3 is 0 Å². The van der Waals surface area contributed by atoms with Crippen molar-refractivity contribution in [2.75, 3.05) is 26.3 Å². The van der Waals surface area contributed by atoms with Crippen LogP contribution in [0.1, 0.15) is 12.6 Å². The first-order valence-corrected chi connectivity index (χ1v) is 11.0. The van der Waals surface area contributed by atoms with Crippen molar-refractivity contribution in [3.05, 3.63) is 40.3 Å². The molecule has 0 saturated carbocycles. The summed E-state index contributed by atoms with van der Waals surface area (Å²) in [6.45, 7) is 4.55. The van der Waals surface area contributed by atoms with Crippen molar-refractivity contribution in [1.82, 2.24) is 24.6 Å². The Labute approximate surface area is 189 Å². The lowest BCUT2D eigenvalue weighted by atomic mass is 10.0. The van der Waals surface area contributed by atoms with Gasteiger partial charge in [0.05, 0.1) is 41.0 Å². The van der Waals surface area contributed by atoms with E-state index < -0.39 is 12.3 Å². The fourth-order valence-corrected chi connectivity index (χ4v) is 5.20. The Bertz CT molecular complexity index is 1130. The quantitative estimate of drug-likeness (QED) is 0.623. The van der Waals surface area contributed by atoms with Crippen LogP contribution in [0, 0.1) is 0 Å². The molecule has 1 saturated heterocycles. The Morgan fingerprint density at radius 3 is 2.90 bits per heavy atom. The predicted molar refractivity (Wildman–Crippen MR) is 118 cm³/mol. The van der Waals surface area contributed by atoms with Crippen LogP contribution in [0.15, 0.2) is 24.5 Å². The third-order valence-electron chi connectivity index (χ3n) is 6.26. The maximum absolute atomic E-state index is 12.1. The number of ether oxygens (including phenoxy) is 1. The van der Waals surface area contributed by atoms with Gasteiger partial charge in [-0.2, -0.15) is 5.10 Å². The number of benzene rings is 1. The molecule has 0 aliphatic carbocycles. The van der Waals surface area contributed by atoms with E-state index in [0.717, 1.165) is 27.7 Å². The van der Waals surface area contributed by atoms with Crippen LogP contribution in [0.25, 0.3) is 22.0 Å². The van der Waals surface area contributed by atoms with Crippen molar-refractivity contribution in [3.63, 3.8) is 0 Å². The minimum atomic E-state index is -0.841. The standard InChI is InChI=1S/C21H23Cl2N5O3/c1-12(29)27-6-7-31-11-17(27)21(30)26-4-5-28-16(10-26)18(13-8-24-25-9-13)14-2-3-15(22)19(23)20(14)28/h2-3,8-9,17,21,30H,4-7,10-11H2,1H3,(H,24,25). The van der Waals surface area contributed by atoms with Gasteiger partial charge in [0.2, 0.25) is 5.91 Å². The lowest BCUT2D eigenvalue weighted by Gasteiger charge is -2.43. The van der Waals surface area contributed by atoms with E-state index in [1.807, 2.05) is 17.2 Å². The Hall–Kier alpha value is -2.10. The second-order valence-electron chi connectivity index (χ2n) is 7.96. The van der Waals surface area contributed by atoms with Crippen LogP contribution in [0.4, 0.5) is 0 Å². The average Bonchev–Trinajstić information content (AvgIpc) is 3.41. The SMILES string of the molecule is CC(=O)N1CCOCC1C(O)N1CCn2c(c(-c3cn[nH]c3)c3ccc(Cl)c(Cl)c32)C1. The minimum absolute atomic E-state index is 0.0565. The summed E-state index contributed by atoms with van der Waals surface area (Å²) >= 11 is 12.9. The summed E-state index contributed by atoms with van der Waals surface area (Å²) in [5.74, 6) is -0.0565. The van der Waals surface area contributed by atoms with Gasteiger partial charge in [0.15, 0.2) is 0 Å². The van der Waals surface area contributed by atoms with Gasteiger partial charge in [0.25, 0.3) is 0 Å². The molecule has 164 valence electrons. The second-order valence-corrected chi connectivity index (χ2v) is 8.74. The number of aromatic nitrogens is 3. The van der Waals surface area contributed by atoms with Crippen LogP contribution in [0.5, 0.6) is 0 Å². The molecule has 1 fully saturated rings. The molecule has 0 bridgehead atoms. The number of aromatic amines is 1. The summed E-state index contributed by atoms with van der Waals surface area (Å²) in [5.41, 5.74) is 3.88. The van der Waals surface area contributed by atoms with Gasteiger partial charge in [-0.1, -0.05) is 29.3 Å². The predicted octanol–water partition coefficient (Wildman–Crippen LogP) is 2.72. The summed E-state index contributed by atoms with van der Waals surface area (Å²) in [5, 5.41) is 20.2. The van der Waals surface area contributed by atoms with Crippen molar-refractivity contribution >= 4 is 40.0 Å². The zero-order valence-corrected chi connectivity index (χ0v) is 18.5. The second kappa shape index (κ2) is 8.11. The first-order valence-electron chi connectivity index (χ1n) is 10.2. The summed E-state index contributed by atoms with van der Waals surface area (Å²) in [6, 6.07) is 3.38. The van der Waals surface area contributed by atoms with Crippen LogP contribution >= 0.6 is 23.2 Å². The van der Waals surface area contributed by atoms with Gasteiger partial charge in [-0.25, -0.2) is 0 Å². The smallest absolute Gasteiger partial charge is 0.219 e. The first-order chi connectivity index (χ1) is 15.0. The van der Waals surface area contributed by atoms with Crippen LogP contribution in [-0.2, 0) is 22.6 Å². The molecule has 2 aromatic heterocycles. The Balaban J connectivity index is 1.56.